The summed E-state index contributed by atoms with van der Waals surface area (Å²) in [5, 5.41) is 20.2. The molecule has 122 valence electrons. The molecule has 2 atom stereocenters. The number of carbonyl (C=O) groups excluding carboxylic acids is 1. The third-order valence-corrected chi connectivity index (χ3v) is 4.57. The maximum atomic E-state index is 12.8. The second kappa shape index (κ2) is 7.31. The molecule has 5 heteroatoms. The van der Waals surface area contributed by atoms with Gasteiger partial charge in [-0.3, -0.25) is 4.79 Å². The minimum atomic E-state index is -0.972. The van der Waals surface area contributed by atoms with E-state index in [1.165, 1.54) is 24.3 Å². The van der Waals surface area contributed by atoms with E-state index < -0.39 is 11.7 Å². The molecule has 1 aliphatic rings. The Morgan fingerprint density at radius 3 is 2.68 bits per heavy atom. The van der Waals surface area contributed by atoms with Crippen LogP contribution in [0.3, 0.4) is 0 Å². The number of ketones is 1. The number of aliphatic hydroxyl groups excluding tert-OH is 1. The molecule has 0 aliphatic carbocycles. The lowest BCUT2D eigenvalue weighted by atomic mass is 9.86. The van der Waals surface area contributed by atoms with E-state index >= 15 is 0 Å². The molecule has 1 aromatic carbocycles. The summed E-state index contributed by atoms with van der Waals surface area (Å²) < 4.78 is 12.8. The molecular weight excluding hydrogens is 285 g/mol. The number of β-amino-alcohol motifs (C(OH)–C–C–N with tert-alkyl or cyclic N) is 1. The first kappa shape index (κ1) is 17.1. The van der Waals surface area contributed by atoms with Crippen LogP contribution in [0.1, 0.15) is 43.0 Å². The predicted octanol–water partition coefficient (Wildman–Crippen LogP) is 2.00. The van der Waals surface area contributed by atoms with Crippen molar-refractivity contribution in [1.82, 2.24) is 4.90 Å². The highest BCUT2D eigenvalue weighted by molar-refractivity contribution is 5.95. The highest BCUT2D eigenvalue weighted by atomic mass is 19.1. The molecule has 1 saturated heterocycles. The summed E-state index contributed by atoms with van der Waals surface area (Å²) >= 11 is 0. The van der Waals surface area contributed by atoms with Crippen molar-refractivity contribution in [1.29, 1.82) is 0 Å². The molecule has 22 heavy (non-hydrogen) atoms. The summed E-state index contributed by atoms with van der Waals surface area (Å²) in [7, 11) is 0. The van der Waals surface area contributed by atoms with E-state index in [1.54, 1.807) is 0 Å². The minimum Gasteiger partial charge on any atom is -0.389 e. The Bertz CT molecular complexity index is 505. The van der Waals surface area contributed by atoms with Gasteiger partial charge in [0.2, 0.25) is 0 Å². The average Bonchev–Trinajstić information content (AvgIpc) is 2.51. The smallest absolute Gasteiger partial charge is 0.162 e. The van der Waals surface area contributed by atoms with Gasteiger partial charge >= 0.3 is 0 Å². The van der Waals surface area contributed by atoms with E-state index in [0.29, 0.717) is 44.3 Å². The lowest BCUT2D eigenvalue weighted by Crippen LogP contribution is -2.55. The van der Waals surface area contributed by atoms with E-state index in [-0.39, 0.29) is 11.6 Å². The first-order valence-corrected chi connectivity index (χ1v) is 7.86. The Kier molecular flexibility index (Phi) is 5.67. The van der Waals surface area contributed by atoms with Crippen molar-refractivity contribution in [2.24, 2.45) is 0 Å². The van der Waals surface area contributed by atoms with Gasteiger partial charge in [-0.25, -0.2) is 4.39 Å². The fourth-order valence-corrected chi connectivity index (χ4v) is 2.88. The monoisotopic (exact) mass is 309 g/mol. The number of Topliss-reactive ketones (excluding diaryl/α,β-unsaturated/α-hetero) is 1. The summed E-state index contributed by atoms with van der Waals surface area (Å²) in [5.41, 5.74) is -0.444. The van der Waals surface area contributed by atoms with E-state index in [0.717, 1.165) is 6.54 Å². The van der Waals surface area contributed by atoms with Crippen LogP contribution in [0.4, 0.5) is 4.39 Å². The van der Waals surface area contributed by atoms with Crippen LogP contribution in [0, 0.1) is 5.82 Å². The van der Waals surface area contributed by atoms with E-state index in [2.05, 4.69) is 4.90 Å². The van der Waals surface area contributed by atoms with Gasteiger partial charge in [-0.1, -0.05) is 6.92 Å². The number of nitrogens with zero attached hydrogens (tertiary/aromatic N) is 1. The second-order valence-corrected chi connectivity index (χ2v) is 6.06. The maximum Gasteiger partial charge on any atom is 0.162 e. The van der Waals surface area contributed by atoms with Crippen molar-refractivity contribution < 1.29 is 19.4 Å². The van der Waals surface area contributed by atoms with Gasteiger partial charge in [0.15, 0.2) is 5.78 Å². The SMILES string of the molecule is CC[C@@]1(O)CCN(CCCC(=O)c2ccc(F)cc2)C[C@H]1O. The fraction of sp³-hybridized carbons (Fsp3) is 0.588. The van der Waals surface area contributed by atoms with Crippen LogP contribution >= 0.6 is 0 Å². The molecular formula is C17H24FNO3. The topological polar surface area (TPSA) is 60.8 Å². The molecule has 1 fully saturated rings. The van der Waals surface area contributed by atoms with Gasteiger partial charge in [0, 0.05) is 25.1 Å². The molecule has 2 N–H and O–H groups in total. The minimum absolute atomic E-state index is 0.00243. The second-order valence-electron chi connectivity index (χ2n) is 6.06. The molecule has 1 heterocycles. The molecule has 1 aliphatic heterocycles. The van der Waals surface area contributed by atoms with Crippen molar-refractivity contribution in [2.45, 2.75) is 44.3 Å². The number of likely N-dealkylation sites (tertiary alicyclic amines) is 1. The molecule has 4 nitrogen and oxygen atoms in total. The van der Waals surface area contributed by atoms with Gasteiger partial charge in [0.05, 0.1) is 11.7 Å². The van der Waals surface area contributed by atoms with Crippen LogP contribution in [0.25, 0.3) is 0 Å². The highest BCUT2D eigenvalue weighted by Gasteiger charge is 2.38. The maximum absolute atomic E-state index is 12.8. The first-order valence-electron chi connectivity index (χ1n) is 7.86. The Hall–Kier alpha value is -1.30. The summed E-state index contributed by atoms with van der Waals surface area (Å²) in [6.45, 7) is 3.76. The normalized spacial score (nSPS) is 26.1. The number of aliphatic hydroxyl groups is 2. The molecule has 0 unspecified atom stereocenters. The van der Waals surface area contributed by atoms with Crippen LogP contribution in [0.2, 0.25) is 0 Å². The van der Waals surface area contributed by atoms with Gasteiger partial charge < -0.3 is 15.1 Å². The van der Waals surface area contributed by atoms with E-state index in [4.69, 9.17) is 0 Å². The zero-order valence-corrected chi connectivity index (χ0v) is 13.0. The first-order chi connectivity index (χ1) is 10.4. The summed E-state index contributed by atoms with van der Waals surface area (Å²) in [6, 6.07) is 5.59. The van der Waals surface area contributed by atoms with Crippen molar-refractivity contribution in [2.75, 3.05) is 19.6 Å². The summed E-state index contributed by atoms with van der Waals surface area (Å²) in [4.78, 5) is 14.1. The van der Waals surface area contributed by atoms with Gasteiger partial charge in [-0.2, -0.15) is 0 Å². The fourth-order valence-electron chi connectivity index (χ4n) is 2.88. The number of hydrogen-bond donors (Lipinski definition) is 2. The zero-order chi connectivity index (χ0) is 16.2. The number of halogens is 1. The molecule has 0 radical (unpaired) electrons. The summed E-state index contributed by atoms with van der Waals surface area (Å²) in [5.74, 6) is -0.343. The third kappa shape index (κ3) is 4.12. The largest absolute Gasteiger partial charge is 0.389 e. The van der Waals surface area contributed by atoms with Crippen LogP contribution in [-0.2, 0) is 0 Å². The predicted molar refractivity (Wildman–Crippen MR) is 82.3 cm³/mol. The molecule has 0 spiro atoms. The molecule has 0 amide bonds. The van der Waals surface area contributed by atoms with Gasteiger partial charge in [0.1, 0.15) is 5.82 Å². The van der Waals surface area contributed by atoms with Crippen molar-refractivity contribution >= 4 is 5.78 Å². The number of piperidine rings is 1. The van der Waals surface area contributed by atoms with Crippen LogP contribution in [0.5, 0.6) is 0 Å². The van der Waals surface area contributed by atoms with Gasteiger partial charge in [-0.15, -0.1) is 0 Å². The van der Waals surface area contributed by atoms with Crippen LogP contribution in [-0.4, -0.2) is 52.2 Å². The zero-order valence-electron chi connectivity index (χ0n) is 13.0. The number of benzene rings is 1. The quantitative estimate of drug-likeness (QED) is 0.789. The van der Waals surface area contributed by atoms with Crippen LogP contribution < -0.4 is 0 Å². The third-order valence-electron chi connectivity index (χ3n) is 4.57. The standard InChI is InChI=1S/C17H24FNO3/c1-2-17(22)9-11-19(12-16(17)21)10-3-4-15(20)13-5-7-14(18)8-6-13/h5-8,16,21-22H,2-4,9-12H2,1H3/t16-,17-/m1/s1. The van der Waals surface area contributed by atoms with Crippen molar-refractivity contribution in [3.05, 3.63) is 35.6 Å². The van der Waals surface area contributed by atoms with Crippen molar-refractivity contribution in [3.8, 4) is 0 Å². The van der Waals surface area contributed by atoms with Crippen molar-refractivity contribution in [3.63, 3.8) is 0 Å². The lowest BCUT2D eigenvalue weighted by Gasteiger charge is -2.41. The van der Waals surface area contributed by atoms with Gasteiger partial charge in [0.25, 0.3) is 0 Å². The molecule has 0 saturated carbocycles. The average molecular weight is 309 g/mol. The highest BCUT2D eigenvalue weighted by Crippen LogP contribution is 2.26. The molecule has 1 aromatic rings. The number of hydrogen-bond acceptors (Lipinski definition) is 4. The van der Waals surface area contributed by atoms with Crippen LogP contribution in [0.15, 0.2) is 24.3 Å². The summed E-state index contributed by atoms with van der Waals surface area (Å²) in [6.07, 6.45) is 1.45. The molecule has 0 bridgehead atoms. The molecule has 0 aromatic heterocycles. The van der Waals surface area contributed by atoms with E-state index in [9.17, 15) is 19.4 Å². The Morgan fingerprint density at radius 1 is 1.41 bits per heavy atom. The molecule has 2 rings (SSSR count). The lowest BCUT2D eigenvalue weighted by molar-refractivity contribution is -0.120. The Labute approximate surface area is 130 Å². The van der Waals surface area contributed by atoms with Gasteiger partial charge in [-0.05, 0) is 50.1 Å². The number of rotatable bonds is 6. The number of carbonyl (C=O) groups is 1. The Balaban J connectivity index is 1.75. The Morgan fingerprint density at radius 2 is 2.09 bits per heavy atom. The van der Waals surface area contributed by atoms with E-state index in [1.807, 2.05) is 6.92 Å².